The van der Waals surface area contributed by atoms with Crippen LogP contribution in [0, 0.1) is 5.92 Å². The second-order valence-electron chi connectivity index (χ2n) is 3.77. The second-order valence-corrected chi connectivity index (χ2v) is 4.17. The number of nitrogens with zero attached hydrogens (tertiary/aromatic N) is 1. The molecule has 90 valence electrons. The lowest BCUT2D eigenvalue weighted by Crippen LogP contribution is -2.15. The Bertz CT molecular complexity index is 333. The van der Waals surface area contributed by atoms with Crippen molar-refractivity contribution in [2.75, 3.05) is 24.2 Å². The van der Waals surface area contributed by atoms with Gasteiger partial charge in [0, 0.05) is 13.2 Å². The lowest BCUT2D eigenvalue weighted by atomic mass is 10.0. The van der Waals surface area contributed by atoms with Gasteiger partial charge in [0.05, 0.1) is 16.9 Å². The summed E-state index contributed by atoms with van der Waals surface area (Å²) in [6.07, 6.45) is 3.37. The maximum atomic E-state index is 8.87. The highest BCUT2D eigenvalue weighted by Crippen LogP contribution is 2.21. The zero-order valence-corrected chi connectivity index (χ0v) is 10.2. The Morgan fingerprint density at radius 2 is 2.38 bits per heavy atom. The van der Waals surface area contributed by atoms with Crippen LogP contribution in [-0.2, 0) is 0 Å². The highest BCUT2D eigenvalue weighted by Gasteiger charge is 2.07. The smallest absolute Gasteiger partial charge is 0.144 e. The fourth-order valence-electron chi connectivity index (χ4n) is 1.46. The van der Waals surface area contributed by atoms with Crippen molar-refractivity contribution in [2.24, 2.45) is 5.92 Å². The number of halogens is 1. The maximum Gasteiger partial charge on any atom is 0.144 e. The van der Waals surface area contributed by atoms with Crippen molar-refractivity contribution < 1.29 is 5.11 Å². The van der Waals surface area contributed by atoms with Crippen LogP contribution in [0.3, 0.4) is 0 Å². The van der Waals surface area contributed by atoms with E-state index in [0.29, 0.717) is 22.4 Å². The number of hydrogen-bond acceptors (Lipinski definition) is 4. The van der Waals surface area contributed by atoms with Crippen molar-refractivity contribution in [1.29, 1.82) is 0 Å². The van der Waals surface area contributed by atoms with Crippen LogP contribution in [0.1, 0.15) is 19.8 Å². The molecule has 0 spiro atoms. The molecule has 1 rings (SSSR count). The summed E-state index contributed by atoms with van der Waals surface area (Å²) >= 11 is 5.98. The van der Waals surface area contributed by atoms with E-state index in [9.17, 15) is 0 Å². The minimum atomic E-state index is 0.211. The van der Waals surface area contributed by atoms with Crippen molar-refractivity contribution in [1.82, 2.24) is 4.98 Å². The number of nitrogens with two attached hydrogens (primary N) is 1. The number of aliphatic hydroxyl groups excluding tert-OH is 1. The van der Waals surface area contributed by atoms with Gasteiger partial charge in [0.1, 0.15) is 5.82 Å². The van der Waals surface area contributed by atoms with E-state index in [1.54, 1.807) is 12.3 Å². The number of nitrogens with one attached hydrogen (secondary N) is 1. The molecule has 5 heteroatoms. The fourth-order valence-corrected chi connectivity index (χ4v) is 1.70. The number of hydrogen-bond donors (Lipinski definition) is 3. The molecule has 4 nitrogen and oxygen atoms in total. The summed E-state index contributed by atoms with van der Waals surface area (Å²) in [5.74, 6) is 1.08. The molecule has 0 aromatic carbocycles. The number of rotatable bonds is 6. The van der Waals surface area contributed by atoms with Crippen LogP contribution in [0.25, 0.3) is 0 Å². The monoisotopic (exact) mass is 243 g/mol. The molecule has 1 atom stereocenters. The molecule has 0 radical (unpaired) electrons. The van der Waals surface area contributed by atoms with Crippen LogP contribution >= 0.6 is 11.6 Å². The fraction of sp³-hybridized carbons (Fsp3) is 0.545. The van der Waals surface area contributed by atoms with E-state index in [1.807, 2.05) is 0 Å². The Kier molecular flexibility index (Phi) is 5.35. The summed E-state index contributed by atoms with van der Waals surface area (Å²) in [5, 5.41) is 12.6. The van der Waals surface area contributed by atoms with E-state index < -0.39 is 0 Å². The lowest BCUT2D eigenvalue weighted by Gasteiger charge is -2.15. The highest BCUT2D eigenvalue weighted by atomic mass is 35.5. The van der Waals surface area contributed by atoms with Gasteiger partial charge in [0.15, 0.2) is 0 Å². The van der Waals surface area contributed by atoms with Crippen molar-refractivity contribution in [3.05, 3.63) is 17.3 Å². The minimum Gasteiger partial charge on any atom is -0.397 e. The SMILES string of the molecule is CCC(CCO)CNc1ncc(N)cc1Cl. The number of pyridine rings is 1. The molecule has 4 N–H and O–H groups in total. The topological polar surface area (TPSA) is 71.2 Å². The number of anilines is 2. The van der Waals surface area contributed by atoms with Gasteiger partial charge in [-0.3, -0.25) is 0 Å². The largest absolute Gasteiger partial charge is 0.397 e. The van der Waals surface area contributed by atoms with Crippen molar-refractivity contribution in [2.45, 2.75) is 19.8 Å². The Hall–Kier alpha value is -1.00. The molecule has 0 saturated carbocycles. The molecule has 0 bridgehead atoms. The number of aromatic nitrogens is 1. The van der Waals surface area contributed by atoms with Crippen LogP contribution in [0.5, 0.6) is 0 Å². The molecule has 1 aromatic rings. The third-order valence-electron chi connectivity index (χ3n) is 2.54. The molecule has 16 heavy (non-hydrogen) atoms. The van der Waals surface area contributed by atoms with E-state index in [0.717, 1.165) is 19.4 Å². The molecule has 0 saturated heterocycles. The molecule has 1 aromatic heterocycles. The third kappa shape index (κ3) is 3.87. The molecule has 0 aliphatic heterocycles. The lowest BCUT2D eigenvalue weighted by molar-refractivity contribution is 0.258. The molecule has 0 aliphatic carbocycles. The van der Waals surface area contributed by atoms with Gasteiger partial charge >= 0.3 is 0 Å². The van der Waals surface area contributed by atoms with Gasteiger partial charge in [-0.05, 0) is 18.4 Å². The second kappa shape index (κ2) is 6.55. The van der Waals surface area contributed by atoms with Crippen molar-refractivity contribution in [3.63, 3.8) is 0 Å². The van der Waals surface area contributed by atoms with Gasteiger partial charge in [0.25, 0.3) is 0 Å². The van der Waals surface area contributed by atoms with E-state index in [4.69, 9.17) is 22.4 Å². The average Bonchev–Trinajstić information content (AvgIpc) is 2.26. The van der Waals surface area contributed by atoms with Gasteiger partial charge in [-0.1, -0.05) is 24.9 Å². The molecule has 1 unspecified atom stereocenters. The van der Waals surface area contributed by atoms with E-state index in [2.05, 4.69) is 17.2 Å². The maximum absolute atomic E-state index is 8.87. The Labute approximate surface area is 101 Å². The average molecular weight is 244 g/mol. The van der Waals surface area contributed by atoms with Gasteiger partial charge < -0.3 is 16.2 Å². The molecule has 0 aliphatic rings. The summed E-state index contributed by atoms with van der Waals surface area (Å²) < 4.78 is 0. The van der Waals surface area contributed by atoms with Crippen LogP contribution in [-0.4, -0.2) is 23.2 Å². The molecule has 0 fully saturated rings. The first kappa shape index (κ1) is 13.1. The Morgan fingerprint density at radius 3 is 2.94 bits per heavy atom. The van der Waals surface area contributed by atoms with Crippen LogP contribution in [0.4, 0.5) is 11.5 Å². The van der Waals surface area contributed by atoms with E-state index in [-0.39, 0.29) is 6.61 Å². The first-order chi connectivity index (χ1) is 7.67. The standard InChI is InChI=1S/C11H18ClN3O/c1-2-8(3-4-16)6-14-11-10(12)5-9(13)7-15-11/h5,7-8,16H,2-4,6,13H2,1H3,(H,14,15). The Morgan fingerprint density at radius 1 is 1.62 bits per heavy atom. The van der Waals surface area contributed by atoms with Crippen LogP contribution in [0.15, 0.2) is 12.3 Å². The predicted molar refractivity (Wildman–Crippen MR) is 67.6 cm³/mol. The molecular formula is C11H18ClN3O. The van der Waals surface area contributed by atoms with E-state index in [1.165, 1.54) is 0 Å². The summed E-state index contributed by atoms with van der Waals surface area (Å²) in [5.41, 5.74) is 6.10. The zero-order valence-electron chi connectivity index (χ0n) is 9.41. The quantitative estimate of drug-likeness (QED) is 0.716. The van der Waals surface area contributed by atoms with Crippen LogP contribution in [0.2, 0.25) is 5.02 Å². The molecule has 0 amide bonds. The highest BCUT2D eigenvalue weighted by molar-refractivity contribution is 6.33. The summed E-state index contributed by atoms with van der Waals surface area (Å²) in [6.45, 7) is 3.07. The van der Waals surface area contributed by atoms with E-state index >= 15 is 0 Å². The van der Waals surface area contributed by atoms with Crippen LogP contribution < -0.4 is 11.1 Å². The van der Waals surface area contributed by atoms with Gasteiger partial charge in [-0.25, -0.2) is 4.98 Å². The number of nitrogen functional groups attached to an aromatic ring is 1. The third-order valence-corrected chi connectivity index (χ3v) is 2.82. The number of aliphatic hydroxyl groups is 1. The summed E-state index contributed by atoms with van der Waals surface area (Å²) in [6, 6.07) is 1.67. The van der Waals surface area contributed by atoms with Crippen molar-refractivity contribution in [3.8, 4) is 0 Å². The minimum absolute atomic E-state index is 0.211. The first-order valence-corrected chi connectivity index (χ1v) is 5.81. The van der Waals surface area contributed by atoms with Crippen molar-refractivity contribution >= 4 is 23.1 Å². The first-order valence-electron chi connectivity index (χ1n) is 5.43. The van der Waals surface area contributed by atoms with Gasteiger partial charge in [-0.15, -0.1) is 0 Å². The molecular weight excluding hydrogens is 226 g/mol. The van der Waals surface area contributed by atoms with Gasteiger partial charge in [0.2, 0.25) is 0 Å². The zero-order chi connectivity index (χ0) is 12.0. The van der Waals surface area contributed by atoms with Gasteiger partial charge in [-0.2, -0.15) is 0 Å². The summed E-state index contributed by atoms with van der Waals surface area (Å²) in [4.78, 5) is 4.11. The summed E-state index contributed by atoms with van der Waals surface area (Å²) in [7, 11) is 0. The Balaban J connectivity index is 2.53. The molecule has 1 heterocycles. The normalized spacial score (nSPS) is 12.4. The predicted octanol–water partition coefficient (Wildman–Crippen LogP) is 2.14.